The van der Waals surface area contributed by atoms with Crippen LogP contribution in [0.3, 0.4) is 0 Å². The number of halogens is 1. The summed E-state index contributed by atoms with van der Waals surface area (Å²) in [6.45, 7) is 1.50. The fourth-order valence-corrected chi connectivity index (χ4v) is 3.16. The van der Waals surface area contributed by atoms with Gasteiger partial charge in [0, 0.05) is 23.8 Å². The van der Waals surface area contributed by atoms with Gasteiger partial charge in [-0.3, -0.25) is 19.3 Å². The van der Waals surface area contributed by atoms with Gasteiger partial charge in [-0.25, -0.2) is 9.37 Å². The predicted molar refractivity (Wildman–Crippen MR) is 86.7 cm³/mol. The van der Waals surface area contributed by atoms with Gasteiger partial charge in [0.25, 0.3) is 0 Å². The molecule has 2 aromatic rings. The maximum absolute atomic E-state index is 12.9. The molecule has 1 aromatic carbocycles. The first-order valence-electron chi connectivity index (χ1n) is 7.33. The lowest BCUT2D eigenvalue weighted by molar-refractivity contribution is -0.144. The lowest BCUT2D eigenvalue weighted by Gasteiger charge is -2.20. The van der Waals surface area contributed by atoms with Crippen molar-refractivity contribution in [3.8, 4) is 11.3 Å². The number of carbonyl (C=O) groups excluding carboxylic acids is 3. The van der Waals surface area contributed by atoms with Gasteiger partial charge in [0.15, 0.2) is 5.13 Å². The zero-order chi connectivity index (χ0) is 17.3. The molecule has 8 heteroatoms. The molecule has 2 heterocycles. The molecule has 1 atom stereocenters. The quantitative estimate of drug-likeness (QED) is 0.862. The summed E-state index contributed by atoms with van der Waals surface area (Å²) in [4.78, 5) is 40.9. The summed E-state index contributed by atoms with van der Waals surface area (Å²) >= 11 is 1.21. The highest BCUT2D eigenvalue weighted by molar-refractivity contribution is 7.14. The highest BCUT2D eigenvalue weighted by Gasteiger charge is 2.36. The molecule has 6 nitrogen and oxygen atoms in total. The number of thiazole rings is 1. The second kappa shape index (κ2) is 6.48. The van der Waals surface area contributed by atoms with Gasteiger partial charge in [-0.1, -0.05) is 0 Å². The second-order valence-electron chi connectivity index (χ2n) is 5.37. The number of rotatable bonds is 4. The van der Waals surface area contributed by atoms with Crippen molar-refractivity contribution in [3.05, 3.63) is 35.5 Å². The van der Waals surface area contributed by atoms with Crippen molar-refractivity contribution in [1.82, 2.24) is 9.88 Å². The third-order valence-electron chi connectivity index (χ3n) is 3.73. The number of likely N-dealkylation sites (tertiary alicyclic amines) is 1. The van der Waals surface area contributed by atoms with Gasteiger partial charge in [-0.15, -0.1) is 11.3 Å². The SMILES string of the molecule is CC(C(=O)Nc1nc(-c2ccc(F)cc2)cs1)N1C(=O)CCC1=O. The molecule has 1 aliphatic heterocycles. The van der Waals surface area contributed by atoms with E-state index in [2.05, 4.69) is 10.3 Å². The van der Waals surface area contributed by atoms with Crippen molar-refractivity contribution in [2.45, 2.75) is 25.8 Å². The van der Waals surface area contributed by atoms with Crippen LogP contribution in [0.5, 0.6) is 0 Å². The van der Waals surface area contributed by atoms with Crippen LogP contribution < -0.4 is 5.32 Å². The van der Waals surface area contributed by atoms with Crippen molar-refractivity contribution in [1.29, 1.82) is 0 Å². The van der Waals surface area contributed by atoms with E-state index in [4.69, 9.17) is 0 Å². The Balaban J connectivity index is 1.70. The van der Waals surface area contributed by atoms with Crippen molar-refractivity contribution >= 4 is 34.2 Å². The second-order valence-corrected chi connectivity index (χ2v) is 6.23. The third kappa shape index (κ3) is 3.18. The van der Waals surface area contributed by atoms with Crippen LogP contribution in [0.1, 0.15) is 19.8 Å². The molecule has 3 rings (SSSR count). The van der Waals surface area contributed by atoms with E-state index in [1.807, 2.05) is 0 Å². The van der Waals surface area contributed by atoms with Crippen LogP contribution in [0, 0.1) is 5.82 Å². The number of benzene rings is 1. The minimum atomic E-state index is -0.884. The van der Waals surface area contributed by atoms with E-state index in [1.54, 1.807) is 17.5 Å². The average molecular weight is 347 g/mol. The maximum Gasteiger partial charge on any atom is 0.249 e. The lowest BCUT2D eigenvalue weighted by Crippen LogP contribution is -2.44. The van der Waals surface area contributed by atoms with Gasteiger partial charge >= 0.3 is 0 Å². The molecule has 1 aromatic heterocycles. The monoisotopic (exact) mass is 347 g/mol. The Morgan fingerprint density at radius 3 is 2.50 bits per heavy atom. The van der Waals surface area contributed by atoms with Crippen LogP contribution in [-0.2, 0) is 14.4 Å². The number of hydrogen-bond donors (Lipinski definition) is 1. The van der Waals surface area contributed by atoms with Crippen LogP contribution >= 0.6 is 11.3 Å². The molecule has 0 saturated carbocycles. The van der Waals surface area contributed by atoms with Gasteiger partial charge in [-0.05, 0) is 31.2 Å². The Morgan fingerprint density at radius 1 is 1.25 bits per heavy atom. The standard InChI is InChI=1S/C16H14FN3O3S/c1-9(20-13(21)6-7-14(20)22)15(23)19-16-18-12(8-24-16)10-2-4-11(17)5-3-10/h2-5,8-9H,6-7H2,1H3,(H,18,19,23). The Bertz CT molecular complexity index is 787. The first kappa shape index (κ1) is 16.3. The van der Waals surface area contributed by atoms with E-state index in [9.17, 15) is 18.8 Å². The smallest absolute Gasteiger partial charge is 0.249 e. The van der Waals surface area contributed by atoms with E-state index < -0.39 is 11.9 Å². The molecule has 1 N–H and O–H groups in total. The summed E-state index contributed by atoms with van der Waals surface area (Å²) in [5.41, 5.74) is 1.34. The molecular weight excluding hydrogens is 333 g/mol. The maximum atomic E-state index is 12.9. The van der Waals surface area contributed by atoms with Gasteiger partial charge in [-0.2, -0.15) is 0 Å². The van der Waals surface area contributed by atoms with Gasteiger partial charge in [0.05, 0.1) is 5.69 Å². The van der Waals surface area contributed by atoms with E-state index in [-0.39, 0.29) is 30.5 Å². The number of aromatic nitrogens is 1. The van der Waals surface area contributed by atoms with Crippen LogP contribution in [0.2, 0.25) is 0 Å². The molecule has 1 unspecified atom stereocenters. The van der Waals surface area contributed by atoms with Crippen LogP contribution in [0.15, 0.2) is 29.6 Å². The molecule has 1 fully saturated rings. The highest BCUT2D eigenvalue weighted by Crippen LogP contribution is 2.25. The molecule has 0 spiro atoms. The van der Waals surface area contributed by atoms with Crippen LogP contribution in [0.4, 0.5) is 9.52 Å². The minimum Gasteiger partial charge on any atom is -0.300 e. The first-order chi connectivity index (χ1) is 11.5. The number of nitrogens with one attached hydrogen (secondary N) is 1. The van der Waals surface area contributed by atoms with E-state index in [1.165, 1.54) is 30.4 Å². The molecule has 1 saturated heterocycles. The van der Waals surface area contributed by atoms with E-state index in [0.29, 0.717) is 10.8 Å². The lowest BCUT2D eigenvalue weighted by atomic mass is 10.2. The number of imide groups is 1. The van der Waals surface area contributed by atoms with Crippen molar-refractivity contribution in [2.75, 3.05) is 5.32 Å². The van der Waals surface area contributed by atoms with Crippen molar-refractivity contribution in [3.63, 3.8) is 0 Å². The molecule has 24 heavy (non-hydrogen) atoms. The third-order valence-corrected chi connectivity index (χ3v) is 4.49. The molecule has 0 aliphatic carbocycles. The van der Waals surface area contributed by atoms with Gasteiger partial charge in [0.2, 0.25) is 17.7 Å². The Labute approximate surface area is 141 Å². The summed E-state index contributed by atoms with van der Waals surface area (Å²) in [7, 11) is 0. The number of anilines is 1. The number of hydrogen-bond acceptors (Lipinski definition) is 5. The summed E-state index contributed by atoms with van der Waals surface area (Å²) in [6, 6.07) is 4.98. The number of carbonyl (C=O) groups is 3. The van der Waals surface area contributed by atoms with E-state index >= 15 is 0 Å². The highest BCUT2D eigenvalue weighted by atomic mass is 32.1. The minimum absolute atomic E-state index is 0.141. The fraction of sp³-hybridized carbons (Fsp3) is 0.250. The molecule has 0 bridgehead atoms. The summed E-state index contributed by atoms with van der Waals surface area (Å²) in [6.07, 6.45) is 0.283. The Hall–Kier alpha value is -2.61. The van der Waals surface area contributed by atoms with Gasteiger partial charge < -0.3 is 5.32 Å². The summed E-state index contributed by atoms with van der Waals surface area (Å²) in [5, 5.41) is 4.70. The zero-order valence-electron chi connectivity index (χ0n) is 12.8. The molecule has 0 radical (unpaired) electrons. The van der Waals surface area contributed by atoms with E-state index in [0.717, 1.165) is 10.5 Å². The van der Waals surface area contributed by atoms with Crippen LogP contribution in [0.25, 0.3) is 11.3 Å². The predicted octanol–water partition coefficient (Wildman–Crippen LogP) is 2.43. The van der Waals surface area contributed by atoms with Gasteiger partial charge in [0.1, 0.15) is 11.9 Å². The topological polar surface area (TPSA) is 79.4 Å². The molecule has 124 valence electrons. The number of amides is 3. The first-order valence-corrected chi connectivity index (χ1v) is 8.21. The largest absolute Gasteiger partial charge is 0.300 e. The number of nitrogens with zero attached hydrogens (tertiary/aromatic N) is 2. The summed E-state index contributed by atoms with van der Waals surface area (Å²) in [5.74, 6) is -1.49. The fourth-order valence-electron chi connectivity index (χ4n) is 2.44. The van der Waals surface area contributed by atoms with Crippen LogP contribution in [-0.4, -0.2) is 33.6 Å². The Morgan fingerprint density at radius 2 is 1.88 bits per heavy atom. The molecule has 1 aliphatic rings. The Kier molecular flexibility index (Phi) is 4.39. The zero-order valence-corrected chi connectivity index (χ0v) is 13.6. The molecule has 3 amide bonds. The van der Waals surface area contributed by atoms with Crippen molar-refractivity contribution < 1.29 is 18.8 Å². The normalized spacial score (nSPS) is 15.7. The van der Waals surface area contributed by atoms with Crippen molar-refractivity contribution in [2.24, 2.45) is 0 Å². The summed E-state index contributed by atoms with van der Waals surface area (Å²) < 4.78 is 12.9. The average Bonchev–Trinajstić information content (AvgIpc) is 3.14. The molecular formula is C16H14FN3O3S.